The number of rotatable bonds is 10. The summed E-state index contributed by atoms with van der Waals surface area (Å²) >= 11 is 7.40. The molecule has 0 fully saturated rings. The fraction of sp³-hybridized carbons (Fsp3) is 0.364. The second-order valence-electron chi connectivity index (χ2n) is 6.46. The molecule has 160 valence electrons. The van der Waals surface area contributed by atoms with Crippen LogP contribution in [0.4, 0.5) is 0 Å². The summed E-state index contributed by atoms with van der Waals surface area (Å²) in [6.07, 6.45) is -0.161. The zero-order valence-electron chi connectivity index (χ0n) is 17.1. The quantitative estimate of drug-likeness (QED) is 0.383. The fourth-order valence-electron chi connectivity index (χ4n) is 2.83. The van der Waals surface area contributed by atoms with Crippen molar-refractivity contribution in [3.05, 3.63) is 57.8 Å². The molecule has 1 atom stereocenters. The summed E-state index contributed by atoms with van der Waals surface area (Å²) in [6.45, 7) is 6.56. The van der Waals surface area contributed by atoms with E-state index in [0.717, 1.165) is 16.1 Å². The number of ether oxygens (including phenoxy) is 3. The highest BCUT2D eigenvalue weighted by atomic mass is 35.5. The monoisotopic (exact) mass is 449 g/mol. The van der Waals surface area contributed by atoms with Gasteiger partial charge in [0.05, 0.1) is 15.8 Å². The molecule has 0 amide bonds. The van der Waals surface area contributed by atoms with E-state index in [1.807, 2.05) is 50.2 Å². The van der Waals surface area contributed by atoms with Gasteiger partial charge in [0.1, 0.15) is 23.8 Å². The van der Waals surface area contributed by atoms with Crippen LogP contribution in [0.3, 0.4) is 0 Å². The van der Waals surface area contributed by atoms with E-state index in [4.69, 9.17) is 30.2 Å². The number of benzene rings is 1. The van der Waals surface area contributed by atoms with Crippen molar-refractivity contribution in [3.63, 3.8) is 0 Å². The van der Waals surface area contributed by atoms with Crippen LogP contribution in [-0.2, 0) is 27.3 Å². The minimum Gasteiger partial charge on any atom is -0.487 e. The maximum atomic E-state index is 12.0. The molecule has 6 nitrogen and oxygen atoms in total. The third-order valence-electron chi connectivity index (χ3n) is 4.31. The predicted octanol–water partition coefficient (Wildman–Crippen LogP) is 5.45. The minimum atomic E-state index is -0.608. The van der Waals surface area contributed by atoms with Crippen molar-refractivity contribution in [2.75, 3.05) is 13.2 Å². The number of hydrogen-bond donors (Lipinski definition) is 0. The van der Waals surface area contributed by atoms with E-state index in [0.29, 0.717) is 41.4 Å². The Morgan fingerprint density at radius 3 is 2.57 bits per heavy atom. The summed E-state index contributed by atoms with van der Waals surface area (Å²) in [4.78, 5) is 17.4. The molecule has 0 spiro atoms. The van der Waals surface area contributed by atoms with E-state index < -0.39 is 6.10 Å². The Bertz CT molecular complexity index is 966. The Kier molecular flexibility index (Phi) is 7.90. The van der Waals surface area contributed by atoms with E-state index >= 15 is 0 Å². The molecule has 0 radical (unpaired) electrons. The first-order valence-electron chi connectivity index (χ1n) is 9.72. The van der Waals surface area contributed by atoms with Gasteiger partial charge in [-0.15, -0.1) is 11.3 Å². The number of halogens is 1. The number of aromatic nitrogens is 1. The molecular weight excluding hydrogens is 426 g/mol. The zero-order chi connectivity index (χ0) is 21.5. The molecular formula is C22H24ClNO5S. The summed E-state index contributed by atoms with van der Waals surface area (Å²) in [6, 6.07) is 11.2. The van der Waals surface area contributed by atoms with Gasteiger partial charge in [0.25, 0.3) is 0 Å². The summed E-state index contributed by atoms with van der Waals surface area (Å²) in [5.41, 5.74) is 1.70. The molecule has 2 heterocycles. The van der Waals surface area contributed by atoms with Crippen molar-refractivity contribution in [1.29, 1.82) is 0 Å². The topological polar surface area (TPSA) is 70.8 Å². The van der Waals surface area contributed by atoms with Gasteiger partial charge < -0.3 is 18.6 Å². The molecule has 30 heavy (non-hydrogen) atoms. The largest absolute Gasteiger partial charge is 0.487 e. The number of nitrogens with zero attached hydrogens (tertiary/aromatic N) is 1. The van der Waals surface area contributed by atoms with Gasteiger partial charge in [-0.1, -0.05) is 23.7 Å². The molecule has 3 aromatic rings. The molecule has 0 aliphatic carbocycles. The maximum absolute atomic E-state index is 12.0. The average molecular weight is 450 g/mol. The van der Waals surface area contributed by atoms with E-state index in [2.05, 4.69) is 4.98 Å². The van der Waals surface area contributed by atoms with Gasteiger partial charge in [0.15, 0.2) is 6.10 Å². The highest BCUT2D eigenvalue weighted by Crippen LogP contribution is 2.31. The smallest absolute Gasteiger partial charge is 0.335 e. The first-order chi connectivity index (χ1) is 14.5. The van der Waals surface area contributed by atoms with E-state index in [-0.39, 0.29) is 12.6 Å². The summed E-state index contributed by atoms with van der Waals surface area (Å²) in [5, 5.41) is 0. The lowest BCUT2D eigenvalue weighted by atomic mass is 10.1. The van der Waals surface area contributed by atoms with Crippen LogP contribution in [-0.4, -0.2) is 30.3 Å². The van der Waals surface area contributed by atoms with E-state index in [1.165, 1.54) is 11.3 Å². The molecule has 0 N–H and O–H groups in total. The third-order valence-corrected chi connectivity index (χ3v) is 5.53. The second kappa shape index (κ2) is 10.6. The van der Waals surface area contributed by atoms with Crippen LogP contribution < -0.4 is 4.74 Å². The number of esters is 1. The molecule has 2 aromatic heterocycles. The van der Waals surface area contributed by atoms with Crippen molar-refractivity contribution in [3.8, 4) is 16.5 Å². The van der Waals surface area contributed by atoms with Gasteiger partial charge in [0, 0.05) is 13.0 Å². The van der Waals surface area contributed by atoms with Crippen LogP contribution in [0.1, 0.15) is 30.9 Å². The predicted molar refractivity (Wildman–Crippen MR) is 116 cm³/mol. The number of carbonyl (C=O) groups excluding carboxylic acids is 1. The lowest BCUT2D eigenvalue weighted by Gasteiger charge is -2.15. The maximum Gasteiger partial charge on any atom is 0.335 e. The number of hydrogen-bond acceptors (Lipinski definition) is 7. The normalized spacial score (nSPS) is 12.0. The Morgan fingerprint density at radius 1 is 1.17 bits per heavy atom. The van der Waals surface area contributed by atoms with Crippen molar-refractivity contribution < 1.29 is 23.4 Å². The number of oxazole rings is 1. The van der Waals surface area contributed by atoms with Crippen LogP contribution in [0, 0.1) is 6.92 Å². The molecule has 0 bridgehead atoms. The van der Waals surface area contributed by atoms with Crippen molar-refractivity contribution in [2.24, 2.45) is 0 Å². The lowest BCUT2D eigenvalue weighted by Crippen LogP contribution is -2.28. The SMILES string of the molecule is CCOC(=O)[C@H](Cc1ccc(OCc2nc(-c3ccc(Cl)s3)oc2C)cc1)OCC. The molecule has 0 aliphatic heterocycles. The van der Waals surface area contributed by atoms with Crippen molar-refractivity contribution in [1.82, 2.24) is 4.98 Å². The average Bonchev–Trinajstić information content (AvgIpc) is 3.32. The number of aryl methyl sites for hydroxylation is 1. The van der Waals surface area contributed by atoms with Gasteiger partial charge in [-0.3, -0.25) is 0 Å². The van der Waals surface area contributed by atoms with Gasteiger partial charge in [-0.05, 0) is 50.6 Å². The van der Waals surface area contributed by atoms with Crippen molar-refractivity contribution >= 4 is 28.9 Å². The first kappa shape index (κ1) is 22.3. The molecule has 3 rings (SSSR count). The second-order valence-corrected chi connectivity index (χ2v) is 8.17. The standard InChI is InChI=1S/C22H24ClNO5S/c1-4-26-18(22(25)27-5-2)12-15-6-8-16(9-7-15)28-13-17-14(3)29-21(24-17)19-10-11-20(23)30-19/h6-11,18H,4-5,12-13H2,1-3H3/t18-/m0/s1. The van der Waals surface area contributed by atoms with Crippen LogP contribution >= 0.6 is 22.9 Å². The summed E-state index contributed by atoms with van der Waals surface area (Å²) in [7, 11) is 0. The van der Waals surface area contributed by atoms with Crippen LogP contribution in [0.5, 0.6) is 5.75 Å². The number of thiophene rings is 1. The number of carbonyl (C=O) groups is 1. The third kappa shape index (κ3) is 5.84. The van der Waals surface area contributed by atoms with Gasteiger partial charge in [-0.2, -0.15) is 0 Å². The Labute approximate surface area is 184 Å². The Balaban J connectivity index is 1.59. The molecule has 0 aliphatic rings. The molecule has 1 aromatic carbocycles. The lowest BCUT2D eigenvalue weighted by molar-refractivity contribution is -0.156. The Hall–Kier alpha value is -2.35. The fourth-order valence-corrected chi connectivity index (χ4v) is 3.80. The van der Waals surface area contributed by atoms with E-state index in [1.54, 1.807) is 6.92 Å². The summed E-state index contributed by atoms with van der Waals surface area (Å²) in [5.74, 6) is 1.61. The van der Waals surface area contributed by atoms with Gasteiger partial charge >= 0.3 is 5.97 Å². The van der Waals surface area contributed by atoms with Gasteiger partial charge in [-0.25, -0.2) is 9.78 Å². The highest BCUT2D eigenvalue weighted by molar-refractivity contribution is 7.19. The zero-order valence-corrected chi connectivity index (χ0v) is 18.7. The minimum absolute atomic E-state index is 0.290. The molecule has 0 saturated heterocycles. The molecule has 8 heteroatoms. The van der Waals surface area contributed by atoms with Crippen LogP contribution in [0.15, 0.2) is 40.8 Å². The molecule has 0 unspecified atom stereocenters. The highest BCUT2D eigenvalue weighted by Gasteiger charge is 2.20. The van der Waals surface area contributed by atoms with E-state index in [9.17, 15) is 4.79 Å². The van der Waals surface area contributed by atoms with Gasteiger partial charge in [0.2, 0.25) is 5.89 Å². The molecule has 0 saturated carbocycles. The van der Waals surface area contributed by atoms with Crippen LogP contribution in [0.25, 0.3) is 10.8 Å². The van der Waals surface area contributed by atoms with Crippen molar-refractivity contribution in [2.45, 2.75) is 39.9 Å². The van der Waals surface area contributed by atoms with Crippen LogP contribution in [0.2, 0.25) is 4.34 Å². The summed E-state index contributed by atoms with van der Waals surface area (Å²) < 4.78 is 22.9. The Morgan fingerprint density at radius 2 is 1.93 bits per heavy atom. The first-order valence-corrected chi connectivity index (χ1v) is 10.9.